The first-order chi connectivity index (χ1) is 29.4. The summed E-state index contributed by atoms with van der Waals surface area (Å²) in [5.41, 5.74) is 10.2. The van der Waals surface area contributed by atoms with E-state index in [1.54, 1.807) is 30.5 Å². The van der Waals surface area contributed by atoms with Gasteiger partial charge < -0.3 is 5.11 Å². The Morgan fingerprint density at radius 2 is 1.44 bits per heavy atom. The lowest BCUT2D eigenvalue weighted by Gasteiger charge is -2.22. The van der Waals surface area contributed by atoms with Crippen molar-refractivity contribution in [2.24, 2.45) is 5.92 Å². The number of para-hydroxylation sites is 2. The molecule has 0 unspecified atom stereocenters. The lowest BCUT2D eigenvalue weighted by Crippen LogP contribution is -2.11. The van der Waals surface area contributed by atoms with Crippen LogP contribution in [0.5, 0.6) is 5.75 Å². The maximum atomic E-state index is 11.3. The van der Waals surface area contributed by atoms with Gasteiger partial charge in [-0.1, -0.05) is 131 Å². The lowest BCUT2D eigenvalue weighted by molar-refractivity contribution is 0.477. The first-order valence-electron chi connectivity index (χ1n) is 22.1. The monoisotopic (exact) mass is 724 g/mol. The van der Waals surface area contributed by atoms with Crippen LogP contribution in [-0.2, 0) is 11.8 Å². The Kier molecular flexibility index (Phi) is 7.45. The fraction of sp³-hybridized carbons (Fsp3) is 0.176. The van der Waals surface area contributed by atoms with Crippen molar-refractivity contribution < 1.29 is 14.7 Å². The van der Waals surface area contributed by atoms with Gasteiger partial charge in [0.25, 0.3) is 0 Å². The van der Waals surface area contributed by atoms with Crippen molar-refractivity contribution in [1.29, 1.82) is 0 Å². The van der Waals surface area contributed by atoms with Gasteiger partial charge in [-0.2, -0.15) is 0 Å². The Hall–Kier alpha value is -6.26. The number of nitrogens with zero attached hydrogens (tertiary/aromatic N) is 3. The van der Waals surface area contributed by atoms with Gasteiger partial charge >= 0.3 is 0 Å². The molecule has 0 saturated heterocycles. The van der Waals surface area contributed by atoms with Crippen molar-refractivity contribution in [3.63, 3.8) is 0 Å². The minimum atomic E-state index is -2.81. The molecule has 0 aliphatic rings. The number of rotatable bonds is 8. The predicted molar refractivity (Wildman–Crippen MR) is 230 cm³/mol. The van der Waals surface area contributed by atoms with Crippen molar-refractivity contribution >= 4 is 11.0 Å². The highest BCUT2D eigenvalue weighted by molar-refractivity contribution is 5.97. The summed E-state index contributed by atoms with van der Waals surface area (Å²) in [7, 11) is 0. The van der Waals surface area contributed by atoms with E-state index in [0.29, 0.717) is 28.6 Å². The molecule has 0 bridgehead atoms. The van der Waals surface area contributed by atoms with Crippen molar-refractivity contribution in [3.05, 3.63) is 168 Å². The number of phenolic OH excluding ortho intramolecular Hbond substituents is 1. The number of phenols is 1. The van der Waals surface area contributed by atoms with Gasteiger partial charge in [0.15, 0.2) is 0 Å². The van der Waals surface area contributed by atoms with Crippen LogP contribution in [0.2, 0.25) is 0 Å². The summed E-state index contributed by atoms with van der Waals surface area (Å²) in [6.07, 6.45) is 2.43. The normalized spacial score (nSPS) is 13.8. The van der Waals surface area contributed by atoms with Gasteiger partial charge in [-0.3, -0.25) is 9.55 Å². The van der Waals surface area contributed by atoms with Gasteiger partial charge in [-0.05, 0) is 118 Å². The first-order valence-corrected chi connectivity index (χ1v) is 18.6. The molecule has 0 atom stereocenters. The van der Waals surface area contributed by atoms with Crippen LogP contribution in [0.3, 0.4) is 0 Å². The number of hydrogen-bond acceptors (Lipinski definition) is 3. The SMILES string of the molecule is [2H]c1c([2H])c(C([2H])([2H])[2H])c([2H])c([2H])c1-c1ccnc(-c2cc(-c3cccc4c3nc(-c3ccccc3O)n4-c3ccc(-c4ccccc4)c(CC(C)C)c3)cc(C(C)(C)C)c2)c1. The summed E-state index contributed by atoms with van der Waals surface area (Å²) in [6.45, 7) is 8.04. The van der Waals surface area contributed by atoms with Crippen LogP contribution in [0.4, 0.5) is 0 Å². The van der Waals surface area contributed by atoms with E-state index in [4.69, 9.17) is 19.6 Å². The van der Waals surface area contributed by atoms with Gasteiger partial charge in [0.2, 0.25) is 0 Å². The minimum absolute atomic E-state index is 0.00389. The quantitative estimate of drug-likeness (QED) is 0.170. The van der Waals surface area contributed by atoms with E-state index in [1.807, 2.05) is 36.4 Å². The number of imidazole rings is 1. The summed E-state index contributed by atoms with van der Waals surface area (Å²) in [5.74, 6) is 1.12. The third-order valence-electron chi connectivity index (χ3n) is 9.97. The second kappa shape index (κ2) is 14.5. The molecule has 4 nitrogen and oxygen atoms in total. The van der Waals surface area contributed by atoms with E-state index < -0.39 is 36.6 Å². The highest BCUT2D eigenvalue weighted by Crippen LogP contribution is 2.41. The summed E-state index contributed by atoms with van der Waals surface area (Å²) < 4.78 is 60.3. The van der Waals surface area contributed by atoms with E-state index in [-0.39, 0.29) is 16.7 Å². The van der Waals surface area contributed by atoms with E-state index in [1.165, 1.54) is 11.1 Å². The molecule has 55 heavy (non-hydrogen) atoms. The highest BCUT2D eigenvalue weighted by atomic mass is 16.3. The van der Waals surface area contributed by atoms with Gasteiger partial charge in [0.1, 0.15) is 11.6 Å². The van der Waals surface area contributed by atoms with Crippen molar-refractivity contribution in [2.45, 2.75) is 53.3 Å². The third-order valence-corrected chi connectivity index (χ3v) is 9.97. The molecule has 2 heterocycles. The zero-order valence-corrected chi connectivity index (χ0v) is 31.7. The predicted octanol–water partition coefficient (Wildman–Crippen LogP) is 13.3. The maximum absolute atomic E-state index is 11.3. The van der Waals surface area contributed by atoms with Gasteiger partial charge in [0.05, 0.1) is 27.8 Å². The Morgan fingerprint density at radius 3 is 2.18 bits per heavy atom. The number of fused-ring (bicyclic) bond motifs is 1. The largest absolute Gasteiger partial charge is 0.507 e. The Labute approximate surface area is 334 Å². The molecule has 4 heteroatoms. The van der Waals surface area contributed by atoms with E-state index in [9.17, 15) is 5.11 Å². The molecule has 0 aliphatic heterocycles. The molecule has 6 aromatic carbocycles. The Bertz CT molecular complexity index is 2970. The van der Waals surface area contributed by atoms with Crippen LogP contribution < -0.4 is 0 Å². The maximum Gasteiger partial charge on any atom is 0.149 e. The van der Waals surface area contributed by atoms with E-state index in [2.05, 4.69) is 99.8 Å². The first kappa shape index (κ1) is 28.2. The van der Waals surface area contributed by atoms with Crippen LogP contribution in [0.1, 0.15) is 60.9 Å². The fourth-order valence-electron chi connectivity index (χ4n) is 7.23. The van der Waals surface area contributed by atoms with Gasteiger partial charge in [-0.25, -0.2) is 4.98 Å². The average molecular weight is 725 g/mol. The number of aromatic hydroxyl groups is 1. The molecular weight excluding hydrogens is 671 g/mol. The minimum Gasteiger partial charge on any atom is -0.507 e. The highest BCUT2D eigenvalue weighted by Gasteiger charge is 2.23. The molecule has 0 spiro atoms. The second-order valence-corrected chi connectivity index (χ2v) is 15.5. The molecule has 0 radical (unpaired) electrons. The van der Waals surface area contributed by atoms with Crippen LogP contribution in [0, 0.1) is 12.8 Å². The summed E-state index contributed by atoms with van der Waals surface area (Å²) >= 11 is 0. The van der Waals surface area contributed by atoms with Crippen molar-refractivity contribution in [2.75, 3.05) is 0 Å². The molecule has 0 saturated carbocycles. The second-order valence-electron chi connectivity index (χ2n) is 15.5. The standard InChI is InChI=1S/C51H47N3O/c1-33(2)27-38-31-42(23-24-43(38)36-13-8-7-9-14-36)54-47-17-12-16-44(49(47)53-50(54)45-15-10-11-18-48(45)55)39-28-40(30-41(29-39)51(4,5)6)46-32-37(25-26-52-46)35-21-19-34(3)20-22-35/h7-26,28-33,55H,27H2,1-6H3/i3D3,19D,20D,21D,22D. The van der Waals surface area contributed by atoms with E-state index in [0.717, 1.165) is 51.0 Å². The summed E-state index contributed by atoms with van der Waals surface area (Å²) in [4.78, 5) is 10.1. The molecule has 0 fully saturated rings. The van der Waals surface area contributed by atoms with Gasteiger partial charge in [-0.15, -0.1) is 0 Å². The molecule has 1 N–H and O–H groups in total. The number of aromatic nitrogens is 3. The van der Waals surface area contributed by atoms with Crippen LogP contribution in [-0.4, -0.2) is 19.6 Å². The smallest absolute Gasteiger partial charge is 0.149 e. The summed E-state index contributed by atoms with van der Waals surface area (Å²) in [6, 6.07) is 37.9. The average Bonchev–Trinajstić information content (AvgIpc) is 3.62. The molecule has 272 valence electrons. The number of benzene rings is 6. The Balaban J connectivity index is 1.34. The van der Waals surface area contributed by atoms with Crippen LogP contribution in [0.25, 0.3) is 72.7 Å². The zero-order chi connectivity index (χ0) is 44.2. The van der Waals surface area contributed by atoms with Crippen LogP contribution in [0.15, 0.2) is 152 Å². The van der Waals surface area contributed by atoms with Crippen LogP contribution >= 0.6 is 0 Å². The molecule has 8 aromatic rings. The van der Waals surface area contributed by atoms with E-state index >= 15 is 0 Å². The lowest BCUT2D eigenvalue weighted by atomic mass is 9.83. The molecule has 0 amide bonds. The summed E-state index contributed by atoms with van der Waals surface area (Å²) in [5, 5.41) is 11.3. The molecule has 8 rings (SSSR count). The topological polar surface area (TPSA) is 50.9 Å². The van der Waals surface area contributed by atoms with Crippen molar-refractivity contribution in [1.82, 2.24) is 14.5 Å². The number of hydrogen-bond donors (Lipinski definition) is 1. The number of pyridine rings is 1. The third kappa shape index (κ3) is 7.20. The molecule has 0 aliphatic carbocycles. The molecular formula is C51H47N3O. The van der Waals surface area contributed by atoms with Gasteiger partial charge in [0, 0.05) is 27.1 Å². The van der Waals surface area contributed by atoms with Crippen molar-refractivity contribution in [3.8, 4) is 67.5 Å². The zero-order valence-electron chi connectivity index (χ0n) is 38.7. The Morgan fingerprint density at radius 1 is 0.691 bits per heavy atom. The fourth-order valence-corrected chi connectivity index (χ4v) is 7.23. The molecule has 2 aromatic heterocycles.